The van der Waals surface area contributed by atoms with E-state index in [0.29, 0.717) is 5.69 Å². The molecule has 0 fully saturated rings. The van der Waals surface area contributed by atoms with Gasteiger partial charge in [0, 0.05) is 35.9 Å². The fourth-order valence-corrected chi connectivity index (χ4v) is 2.42. The number of carboxylic acids is 1. The van der Waals surface area contributed by atoms with E-state index in [2.05, 4.69) is 4.98 Å². The molecule has 3 rings (SSSR count). The van der Waals surface area contributed by atoms with Crippen LogP contribution in [-0.2, 0) is 7.05 Å². The standard InChI is InChI=1S/C14H13N3O2/c1-17-7-9(8-4-2-3-5-11(8)17)13-12(14(18)19)10(15)6-16-13/h2-7,16H,15H2,1H3,(H,18,19). The second-order valence-electron chi connectivity index (χ2n) is 4.47. The van der Waals surface area contributed by atoms with Gasteiger partial charge < -0.3 is 20.4 Å². The molecule has 19 heavy (non-hydrogen) atoms. The summed E-state index contributed by atoms with van der Waals surface area (Å²) in [4.78, 5) is 14.3. The van der Waals surface area contributed by atoms with Crippen LogP contribution >= 0.6 is 0 Å². The minimum absolute atomic E-state index is 0.122. The largest absolute Gasteiger partial charge is 0.478 e. The highest BCUT2D eigenvalue weighted by Crippen LogP contribution is 2.33. The maximum Gasteiger partial charge on any atom is 0.340 e. The molecule has 0 saturated carbocycles. The number of hydrogen-bond donors (Lipinski definition) is 3. The number of anilines is 1. The first kappa shape index (κ1) is 11.4. The molecule has 0 amide bonds. The van der Waals surface area contributed by atoms with Gasteiger partial charge in [-0.1, -0.05) is 18.2 Å². The van der Waals surface area contributed by atoms with Gasteiger partial charge >= 0.3 is 5.97 Å². The summed E-state index contributed by atoms with van der Waals surface area (Å²) in [5.74, 6) is -1.03. The molecule has 4 N–H and O–H groups in total. The van der Waals surface area contributed by atoms with Crippen molar-refractivity contribution in [1.29, 1.82) is 0 Å². The van der Waals surface area contributed by atoms with Crippen molar-refractivity contribution in [1.82, 2.24) is 9.55 Å². The monoisotopic (exact) mass is 255 g/mol. The average Bonchev–Trinajstić information content (AvgIpc) is 2.91. The minimum atomic E-state index is -1.03. The second-order valence-corrected chi connectivity index (χ2v) is 4.47. The third-order valence-corrected chi connectivity index (χ3v) is 3.29. The van der Waals surface area contributed by atoms with Crippen LogP contribution in [0, 0.1) is 0 Å². The molecule has 2 aromatic heterocycles. The van der Waals surface area contributed by atoms with E-state index in [1.165, 1.54) is 6.20 Å². The van der Waals surface area contributed by atoms with Crippen molar-refractivity contribution < 1.29 is 9.90 Å². The summed E-state index contributed by atoms with van der Waals surface area (Å²) in [6, 6.07) is 7.84. The molecule has 0 atom stereocenters. The highest BCUT2D eigenvalue weighted by Gasteiger charge is 2.20. The van der Waals surface area contributed by atoms with Gasteiger partial charge in [0.05, 0.1) is 11.4 Å². The lowest BCUT2D eigenvalue weighted by Gasteiger charge is -1.99. The molecule has 0 saturated heterocycles. The number of nitrogens with zero attached hydrogens (tertiary/aromatic N) is 1. The van der Waals surface area contributed by atoms with Crippen LogP contribution in [0.15, 0.2) is 36.7 Å². The first-order chi connectivity index (χ1) is 9.09. The second kappa shape index (κ2) is 3.91. The van der Waals surface area contributed by atoms with Crippen molar-refractivity contribution in [3.8, 4) is 11.3 Å². The number of nitrogens with two attached hydrogens (primary N) is 1. The molecular formula is C14H13N3O2. The number of fused-ring (bicyclic) bond motifs is 1. The quantitative estimate of drug-likeness (QED) is 0.657. The number of rotatable bonds is 2. The van der Waals surface area contributed by atoms with Crippen LogP contribution in [0.2, 0.25) is 0 Å². The Labute approximate surface area is 109 Å². The number of benzene rings is 1. The Morgan fingerprint density at radius 1 is 1.37 bits per heavy atom. The molecule has 0 radical (unpaired) electrons. The van der Waals surface area contributed by atoms with Crippen molar-refractivity contribution in [3.05, 3.63) is 42.2 Å². The van der Waals surface area contributed by atoms with Crippen molar-refractivity contribution in [2.24, 2.45) is 7.05 Å². The molecular weight excluding hydrogens is 242 g/mol. The third kappa shape index (κ3) is 1.59. The summed E-state index contributed by atoms with van der Waals surface area (Å²) in [6.07, 6.45) is 3.42. The smallest absolute Gasteiger partial charge is 0.340 e. The van der Waals surface area contributed by atoms with E-state index in [-0.39, 0.29) is 11.3 Å². The highest BCUT2D eigenvalue weighted by molar-refractivity contribution is 6.05. The number of hydrogen-bond acceptors (Lipinski definition) is 2. The predicted octanol–water partition coefficient (Wildman–Crippen LogP) is 2.45. The Bertz CT molecular complexity index is 783. The van der Waals surface area contributed by atoms with E-state index in [1.807, 2.05) is 42.1 Å². The molecule has 0 aliphatic heterocycles. The number of aromatic carboxylic acids is 1. The molecule has 0 spiro atoms. The van der Waals surface area contributed by atoms with Crippen LogP contribution < -0.4 is 5.73 Å². The normalized spacial score (nSPS) is 11.0. The Balaban J connectivity index is 2.34. The summed E-state index contributed by atoms with van der Waals surface area (Å²) < 4.78 is 1.97. The van der Waals surface area contributed by atoms with Gasteiger partial charge in [-0.25, -0.2) is 4.79 Å². The topological polar surface area (TPSA) is 84.0 Å². The predicted molar refractivity (Wildman–Crippen MR) is 74.1 cm³/mol. The molecule has 0 unspecified atom stereocenters. The third-order valence-electron chi connectivity index (χ3n) is 3.29. The zero-order valence-corrected chi connectivity index (χ0v) is 10.3. The molecule has 1 aromatic carbocycles. The lowest BCUT2D eigenvalue weighted by Crippen LogP contribution is -2.00. The number of aryl methyl sites for hydroxylation is 1. The van der Waals surface area contributed by atoms with Gasteiger partial charge in [0.1, 0.15) is 5.56 Å². The van der Waals surface area contributed by atoms with E-state index in [4.69, 9.17) is 5.73 Å². The van der Waals surface area contributed by atoms with Crippen LogP contribution in [0.25, 0.3) is 22.2 Å². The van der Waals surface area contributed by atoms with Gasteiger partial charge in [0.25, 0.3) is 0 Å². The van der Waals surface area contributed by atoms with E-state index < -0.39 is 5.97 Å². The minimum Gasteiger partial charge on any atom is -0.478 e. The SMILES string of the molecule is Cn1cc(-c2[nH]cc(N)c2C(=O)O)c2ccccc21. The molecule has 3 aromatic rings. The van der Waals surface area contributed by atoms with E-state index in [1.54, 1.807) is 0 Å². The van der Waals surface area contributed by atoms with E-state index >= 15 is 0 Å². The molecule has 96 valence electrons. The maximum absolute atomic E-state index is 11.3. The molecule has 5 nitrogen and oxygen atoms in total. The van der Waals surface area contributed by atoms with Crippen LogP contribution in [0.3, 0.4) is 0 Å². The number of H-pyrrole nitrogens is 1. The lowest BCUT2D eigenvalue weighted by molar-refractivity contribution is 0.0699. The number of para-hydroxylation sites is 1. The summed E-state index contributed by atoms with van der Waals surface area (Å²) in [6.45, 7) is 0. The van der Waals surface area contributed by atoms with Crippen molar-refractivity contribution in [2.45, 2.75) is 0 Å². The van der Waals surface area contributed by atoms with Crippen molar-refractivity contribution in [2.75, 3.05) is 5.73 Å². The zero-order valence-electron chi connectivity index (χ0n) is 10.3. The molecule has 2 heterocycles. The highest BCUT2D eigenvalue weighted by atomic mass is 16.4. The Morgan fingerprint density at radius 2 is 2.11 bits per heavy atom. The van der Waals surface area contributed by atoms with Gasteiger partial charge in [-0.05, 0) is 6.07 Å². The number of nitrogen functional groups attached to an aromatic ring is 1. The van der Waals surface area contributed by atoms with E-state index in [0.717, 1.165) is 16.5 Å². The van der Waals surface area contributed by atoms with Crippen LogP contribution in [0.1, 0.15) is 10.4 Å². The average molecular weight is 255 g/mol. The summed E-state index contributed by atoms with van der Waals surface area (Å²) in [5.41, 5.74) is 8.51. The van der Waals surface area contributed by atoms with Crippen molar-refractivity contribution in [3.63, 3.8) is 0 Å². The van der Waals surface area contributed by atoms with Gasteiger partial charge in [0.15, 0.2) is 0 Å². The fourth-order valence-electron chi connectivity index (χ4n) is 2.42. The summed E-state index contributed by atoms with van der Waals surface area (Å²) >= 11 is 0. The molecule has 0 bridgehead atoms. The summed E-state index contributed by atoms with van der Waals surface area (Å²) in [7, 11) is 1.93. The zero-order chi connectivity index (χ0) is 13.6. The fraction of sp³-hybridized carbons (Fsp3) is 0.0714. The number of aromatic nitrogens is 2. The van der Waals surface area contributed by atoms with Gasteiger partial charge in [-0.15, -0.1) is 0 Å². The Morgan fingerprint density at radius 3 is 2.84 bits per heavy atom. The maximum atomic E-state index is 11.3. The number of aromatic amines is 1. The van der Waals surface area contributed by atoms with Crippen molar-refractivity contribution >= 4 is 22.6 Å². The first-order valence-electron chi connectivity index (χ1n) is 5.84. The van der Waals surface area contributed by atoms with Crippen LogP contribution in [-0.4, -0.2) is 20.6 Å². The van der Waals surface area contributed by atoms with Gasteiger partial charge in [-0.3, -0.25) is 0 Å². The summed E-state index contributed by atoms with van der Waals surface area (Å²) in [5, 5.41) is 10.3. The van der Waals surface area contributed by atoms with E-state index in [9.17, 15) is 9.90 Å². The Hall–Kier alpha value is -2.69. The number of carboxylic acid groups (broad SMARTS) is 1. The van der Waals surface area contributed by atoms with Gasteiger partial charge in [-0.2, -0.15) is 0 Å². The number of carbonyl (C=O) groups is 1. The first-order valence-corrected chi connectivity index (χ1v) is 5.84. The van der Waals surface area contributed by atoms with Gasteiger partial charge in [0.2, 0.25) is 0 Å². The lowest BCUT2D eigenvalue weighted by atomic mass is 10.1. The van der Waals surface area contributed by atoms with Crippen LogP contribution in [0.4, 0.5) is 5.69 Å². The molecule has 0 aliphatic rings. The molecule has 0 aliphatic carbocycles. The Kier molecular flexibility index (Phi) is 2.35. The van der Waals surface area contributed by atoms with Crippen LogP contribution in [0.5, 0.6) is 0 Å². The molecule has 5 heteroatoms. The number of nitrogens with one attached hydrogen (secondary N) is 1.